The van der Waals surface area contributed by atoms with Crippen LogP contribution in [0, 0.1) is 5.82 Å². The first-order chi connectivity index (χ1) is 7.13. The molecule has 0 bridgehead atoms. The lowest BCUT2D eigenvalue weighted by molar-refractivity contribution is 0.179. The van der Waals surface area contributed by atoms with Crippen LogP contribution in [0.3, 0.4) is 0 Å². The minimum absolute atomic E-state index is 0.253. The van der Waals surface area contributed by atoms with Crippen LogP contribution in [0.25, 0.3) is 0 Å². The van der Waals surface area contributed by atoms with Crippen molar-refractivity contribution < 1.29 is 9.13 Å². The fourth-order valence-electron chi connectivity index (χ4n) is 1.29. The van der Waals surface area contributed by atoms with Crippen LogP contribution in [0.2, 0.25) is 5.02 Å². The fraction of sp³-hybridized carbons (Fsp3) is 0.222. The fourth-order valence-corrected chi connectivity index (χ4v) is 2.10. The van der Waals surface area contributed by atoms with Crippen molar-refractivity contribution in [1.29, 1.82) is 0 Å². The summed E-state index contributed by atoms with van der Waals surface area (Å²) in [5.41, 5.74) is 0.648. The molecular weight excluding hydrogens is 286 g/mol. The molecule has 1 heterocycles. The van der Waals surface area contributed by atoms with Crippen molar-refractivity contribution in [3.8, 4) is 0 Å². The number of methoxy groups -OCH3 is 1. The van der Waals surface area contributed by atoms with Gasteiger partial charge in [0.25, 0.3) is 0 Å². The van der Waals surface area contributed by atoms with Gasteiger partial charge in [0.15, 0.2) is 12.0 Å². The normalized spacial score (nSPS) is 18.5. The highest BCUT2D eigenvalue weighted by atomic mass is 79.9. The number of ether oxygens (including phenoxy) is 1. The topological polar surface area (TPSA) is 33.6 Å². The first kappa shape index (κ1) is 10.9. The molecule has 1 aromatic rings. The van der Waals surface area contributed by atoms with Crippen LogP contribution in [0.1, 0.15) is 0 Å². The van der Waals surface area contributed by atoms with E-state index in [0.29, 0.717) is 15.2 Å². The van der Waals surface area contributed by atoms with Crippen molar-refractivity contribution in [1.82, 2.24) is 0 Å². The summed E-state index contributed by atoms with van der Waals surface area (Å²) in [6, 6.07) is 1.47. The zero-order valence-corrected chi connectivity index (χ0v) is 10.1. The maximum Gasteiger partial charge on any atom is 0.163 e. The smallest absolute Gasteiger partial charge is 0.163 e. The number of hydrogen-bond donors (Lipinski definition) is 1. The monoisotopic (exact) mass is 292 g/mol. The third-order valence-electron chi connectivity index (χ3n) is 2.03. The van der Waals surface area contributed by atoms with Crippen LogP contribution in [0.4, 0.5) is 15.8 Å². The van der Waals surface area contributed by atoms with Gasteiger partial charge in [-0.1, -0.05) is 11.6 Å². The van der Waals surface area contributed by atoms with Crippen molar-refractivity contribution in [2.24, 2.45) is 4.99 Å². The van der Waals surface area contributed by atoms with Crippen molar-refractivity contribution in [3.63, 3.8) is 0 Å². The standard InChI is InChI=1S/C9H7BrClFN2O/c1-15-6-3-13-8-5(11)2-4(10)7(12)9(8)14-6/h2-3,6,14H,1H3. The second kappa shape index (κ2) is 4.08. The van der Waals surface area contributed by atoms with Crippen LogP contribution >= 0.6 is 27.5 Å². The van der Waals surface area contributed by atoms with E-state index < -0.39 is 12.0 Å². The van der Waals surface area contributed by atoms with Gasteiger partial charge in [-0.15, -0.1) is 0 Å². The Bertz CT molecular complexity index is 439. The number of rotatable bonds is 1. The van der Waals surface area contributed by atoms with Crippen molar-refractivity contribution in [2.75, 3.05) is 12.4 Å². The number of hydrogen-bond acceptors (Lipinski definition) is 3. The van der Waals surface area contributed by atoms with Gasteiger partial charge in [-0.2, -0.15) is 0 Å². The second-order valence-corrected chi connectivity index (χ2v) is 4.22. The van der Waals surface area contributed by atoms with Gasteiger partial charge in [-0.3, -0.25) is 4.99 Å². The van der Waals surface area contributed by atoms with Crippen LogP contribution in [0.5, 0.6) is 0 Å². The molecular formula is C9H7BrClFN2O. The summed E-state index contributed by atoms with van der Waals surface area (Å²) in [4.78, 5) is 4.04. The molecule has 1 aromatic carbocycles. The van der Waals surface area contributed by atoms with Gasteiger partial charge in [0.2, 0.25) is 0 Å². The number of fused-ring (bicyclic) bond motifs is 1. The first-order valence-electron chi connectivity index (χ1n) is 4.14. The predicted molar refractivity (Wildman–Crippen MR) is 61.7 cm³/mol. The van der Waals surface area contributed by atoms with E-state index in [4.69, 9.17) is 16.3 Å². The third-order valence-corrected chi connectivity index (χ3v) is 2.89. The third kappa shape index (κ3) is 1.87. The Morgan fingerprint density at radius 3 is 3.07 bits per heavy atom. The molecule has 1 N–H and O–H groups in total. The number of halogens is 3. The van der Waals surface area contributed by atoms with Gasteiger partial charge in [-0.25, -0.2) is 4.39 Å². The number of nitrogens with zero attached hydrogens (tertiary/aromatic N) is 1. The Balaban J connectivity index is 2.56. The summed E-state index contributed by atoms with van der Waals surface area (Å²) >= 11 is 8.99. The Kier molecular flexibility index (Phi) is 2.95. The largest absolute Gasteiger partial charge is 0.356 e. The Morgan fingerprint density at radius 1 is 1.67 bits per heavy atom. The molecule has 1 atom stereocenters. The quantitative estimate of drug-likeness (QED) is 0.806. The van der Waals surface area contributed by atoms with Gasteiger partial charge in [0, 0.05) is 7.11 Å². The highest BCUT2D eigenvalue weighted by Crippen LogP contribution is 2.41. The van der Waals surface area contributed by atoms with E-state index in [0.717, 1.165) is 0 Å². The zero-order chi connectivity index (χ0) is 11.0. The second-order valence-electron chi connectivity index (χ2n) is 2.96. The summed E-state index contributed by atoms with van der Waals surface area (Å²) in [6.07, 6.45) is 1.10. The van der Waals surface area contributed by atoms with E-state index in [-0.39, 0.29) is 5.69 Å². The Morgan fingerprint density at radius 2 is 2.40 bits per heavy atom. The molecule has 80 valence electrons. The predicted octanol–water partition coefficient (Wildman–Crippen LogP) is 3.34. The summed E-state index contributed by atoms with van der Waals surface area (Å²) in [5, 5.41) is 3.22. The van der Waals surface area contributed by atoms with Gasteiger partial charge in [-0.05, 0) is 22.0 Å². The maximum atomic E-state index is 13.7. The summed E-state index contributed by atoms with van der Waals surface area (Å²) in [6.45, 7) is 0. The number of anilines is 1. The van der Waals surface area contributed by atoms with Crippen molar-refractivity contribution in [3.05, 3.63) is 21.4 Å². The molecule has 0 amide bonds. The van der Waals surface area contributed by atoms with Gasteiger partial charge in [0.1, 0.15) is 11.4 Å². The van der Waals surface area contributed by atoms with Crippen LogP contribution in [-0.2, 0) is 4.74 Å². The number of aliphatic imine (C=N–C) groups is 1. The average Bonchev–Trinajstić information content (AvgIpc) is 2.25. The van der Waals surface area contributed by atoms with E-state index in [2.05, 4.69) is 26.2 Å². The molecule has 3 nitrogen and oxygen atoms in total. The van der Waals surface area contributed by atoms with E-state index in [1.807, 2.05) is 0 Å². The Hall–Kier alpha value is -0.650. The van der Waals surface area contributed by atoms with Crippen LogP contribution in [-0.4, -0.2) is 19.6 Å². The lowest BCUT2D eigenvalue weighted by Gasteiger charge is -2.21. The Labute approximate surface area is 99.4 Å². The average molecular weight is 294 g/mol. The van der Waals surface area contributed by atoms with E-state index in [1.165, 1.54) is 19.4 Å². The molecule has 15 heavy (non-hydrogen) atoms. The lowest BCUT2D eigenvalue weighted by atomic mass is 10.2. The molecule has 1 aliphatic rings. The van der Waals surface area contributed by atoms with Gasteiger partial charge in [0.05, 0.1) is 15.7 Å². The van der Waals surface area contributed by atoms with E-state index >= 15 is 0 Å². The first-order valence-corrected chi connectivity index (χ1v) is 5.31. The van der Waals surface area contributed by atoms with E-state index in [1.54, 1.807) is 0 Å². The maximum absolute atomic E-state index is 13.7. The molecule has 0 fully saturated rings. The SMILES string of the molecule is COC1C=Nc2c(Cl)cc(Br)c(F)c2N1. The molecule has 0 saturated carbocycles. The molecule has 0 aromatic heterocycles. The highest BCUT2D eigenvalue weighted by Gasteiger charge is 2.21. The molecule has 0 saturated heterocycles. The van der Waals surface area contributed by atoms with Gasteiger partial charge >= 0.3 is 0 Å². The molecule has 0 radical (unpaired) electrons. The molecule has 0 aliphatic carbocycles. The number of nitrogens with one attached hydrogen (secondary N) is 1. The minimum Gasteiger partial charge on any atom is -0.356 e. The zero-order valence-electron chi connectivity index (χ0n) is 7.72. The molecule has 6 heteroatoms. The van der Waals surface area contributed by atoms with Crippen molar-refractivity contribution >= 4 is 45.1 Å². The van der Waals surface area contributed by atoms with Gasteiger partial charge < -0.3 is 10.1 Å². The molecule has 1 unspecified atom stereocenters. The molecule has 1 aliphatic heterocycles. The summed E-state index contributed by atoms with van der Waals surface area (Å²) in [7, 11) is 1.51. The van der Waals surface area contributed by atoms with Crippen LogP contribution in [0.15, 0.2) is 15.5 Å². The van der Waals surface area contributed by atoms with E-state index in [9.17, 15) is 4.39 Å². The summed E-state index contributed by atoms with van der Waals surface area (Å²) in [5.74, 6) is -0.423. The molecule has 0 spiro atoms. The molecule has 2 rings (SSSR count). The van der Waals surface area contributed by atoms with Crippen LogP contribution < -0.4 is 5.32 Å². The minimum atomic E-state index is -0.433. The summed E-state index contributed by atoms with van der Waals surface area (Å²) < 4.78 is 19.0. The number of benzene rings is 1. The highest BCUT2D eigenvalue weighted by molar-refractivity contribution is 9.10. The van der Waals surface area contributed by atoms with Crippen molar-refractivity contribution in [2.45, 2.75) is 6.23 Å². The lowest BCUT2D eigenvalue weighted by Crippen LogP contribution is -2.26.